The van der Waals surface area contributed by atoms with Crippen molar-refractivity contribution in [2.24, 2.45) is 5.92 Å². The summed E-state index contributed by atoms with van der Waals surface area (Å²) in [6.07, 6.45) is 2.44. The van der Waals surface area contributed by atoms with Gasteiger partial charge in [0.15, 0.2) is 0 Å². The Labute approximate surface area is 111 Å². The molecular formula is C13H17N3O3. The molecule has 0 saturated heterocycles. The molecule has 1 aromatic rings. The molecule has 2 N–H and O–H groups in total. The summed E-state index contributed by atoms with van der Waals surface area (Å²) in [5.41, 5.74) is 1.04. The van der Waals surface area contributed by atoms with Crippen molar-refractivity contribution in [1.82, 2.24) is 5.32 Å². The first-order valence-electron chi connectivity index (χ1n) is 6.32. The molecule has 0 aromatic heterocycles. The van der Waals surface area contributed by atoms with Gasteiger partial charge in [0.05, 0.1) is 11.5 Å². The third kappa shape index (κ3) is 4.03. The van der Waals surface area contributed by atoms with Gasteiger partial charge in [-0.1, -0.05) is 6.07 Å². The highest BCUT2D eigenvalue weighted by atomic mass is 16.6. The van der Waals surface area contributed by atoms with E-state index in [1.807, 2.05) is 6.92 Å². The van der Waals surface area contributed by atoms with Gasteiger partial charge in [-0.05, 0) is 43.9 Å². The molecule has 1 fully saturated rings. The molecule has 1 aromatic carbocycles. The van der Waals surface area contributed by atoms with Crippen LogP contribution in [0.2, 0.25) is 0 Å². The van der Waals surface area contributed by atoms with Crippen molar-refractivity contribution in [2.45, 2.75) is 19.8 Å². The first-order valence-corrected chi connectivity index (χ1v) is 6.32. The van der Waals surface area contributed by atoms with Crippen LogP contribution in [-0.2, 0) is 4.79 Å². The molecule has 0 radical (unpaired) electrons. The molecule has 2 rings (SSSR count). The van der Waals surface area contributed by atoms with Crippen LogP contribution in [0.3, 0.4) is 0 Å². The zero-order chi connectivity index (χ0) is 13.8. The highest BCUT2D eigenvalue weighted by Crippen LogP contribution is 2.27. The van der Waals surface area contributed by atoms with Crippen LogP contribution < -0.4 is 10.6 Å². The highest BCUT2D eigenvalue weighted by molar-refractivity contribution is 5.94. The molecule has 0 heterocycles. The predicted molar refractivity (Wildman–Crippen MR) is 72.1 cm³/mol. The van der Waals surface area contributed by atoms with E-state index in [4.69, 9.17) is 0 Å². The molecule has 0 bridgehead atoms. The molecule has 1 amide bonds. The van der Waals surface area contributed by atoms with E-state index < -0.39 is 4.92 Å². The normalized spacial score (nSPS) is 14.2. The van der Waals surface area contributed by atoms with Crippen LogP contribution >= 0.6 is 0 Å². The first-order chi connectivity index (χ1) is 9.06. The lowest BCUT2D eigenvalue weighted by Gasteiger charge is -2.07. The van der Waals surface area contributed by atoms with E-state index in [9.17, 15) is 14.9 Å². The van der Waals surface area contributed by atoms with Crippen LogP contribution in [-0.4, -0.2) is 23.9 Å². The van der Waals surface area contributed by atoms with E-state index in [1.54, 1.807) is 12.1 Å². The van der Waals surface area contributed by atoms with Gasteiger partial charge < -0.3 is 10.6 Å². The van der Waals surface area contributed by atoms with E-state index in [0.29, 0.717) is 5.92 Å². The van der Waals surface area contributed by atoms with Gasteiger partial charge in [-0.2, -0.15) is 0 Å². The second-order valence-electron chi connectivity index (χ2n) is 4.90. The van der Waals surface area contributed by atoms with Gasteiger partial charge in [0.1, 0.15) is 5.69 Å². The lowest BCUT2D eigenvalue weighted by atomic mass is 10.2. The van der Waals surface area contributed by atoms with Crippen LogP contribution in [0, 0.1) is 23.0 Å². The SMILES string of the molecule is Cc1ccc([N+](=O)[O-])c(NC(=O)CNCC2CC2)c1. The van der Waals surface area contributed by atoms with Crippen molar-refractivity contribution < 1.29 is 9.72 Å². The summed E-state index contributed by atoms with van der Waals surface area (Å²) < 4.78 is 0. The van der Waals surface area contributed by atoms with Gasteiger partial charge in [-0.3, -0.25) is 14.9 Å². The van der Waals surface area contributed by atoms with E-state index >= 15 is 0 Å². The second kappa shape index (κ2) is 5.79. The summed E-state index contributed by atoms with van der Waals surface area (Å²) >= 11 is 0. The van der Waals surface area contributed by atoms with Gasteiger partial charge in [0, 0.05) is 6.07 Å². The number of nitrogens with one attached hydrogen (secondary N) is 2. The summed E-state index contributed by atoms with van der Waals surface area (Å²) in [4.78, 5) is 22.1. The van der Waals surface area contributed by atoms with Crippen LogP contribution in [0.1, 0.15) is 18.4 Å². The number of hydrogen-bond acceptors (Lipinski definition) is 4. The maximum atomic E-state index is 11.7. The Balaban J connectivity index is 1.94. The highest BCUT2D eigenvalue weighted by Gasteiger charge is 2.21. The van der Waals surface area contributed by atoms with Crippen molar-refractivity contribution >= 4 is 17.3 Å². The first kappa shape index (κ1) is 13.5. The fourth-order valence-corrected chi connectivity index (χ4v) is 1.82. The maximum absolute atomic E-state index is 11.7. The number of benzene rings is 1. The van der Waals surface area contributed by atoms with E-state index in [0.717, 1.165) is 12.1 Å². The summed E-state index contributed by atoms with van der Waals surface area (Å²) in [5.74, 6) is 0.440. The minimum absolute atomic E-state index is 0.0823. The number of rotatable bonds is 6. The van der Waals surface area contributed by atoms with Gasteiger partial charge in [0.2, 0.25) is 5.91 Å². The third-order valence-corrected chi connectivity index (χ3v) is 3.04. The molecule has 1 aliphatic carbocycles. The van der Waals surface area contributed by atoms with E-state index in [2.05, 4.69) is 10.6 Å². The Morgan fingerprint density at radius 3 is 2.84 bits per heavy atom. The molecule has 0 aliphatic heterocycles. The van der Waals surface area contributed by atoms with Crippen molar-refractivity contribution in [1.29, 1.82) is 0 Å². The lowest BCUT2D eigenvalue weighted by Crippen LogP contribution is -2.29. The minimum Gasteiger partial charge on any atom is -0.319 e. The van der Waals surface area contributed by atoms with Gasteiger partial charge in [0.25, 0.3) is 5.69 Å². The number of nitro benzene ring substituents is 1. The Hall–Kier alpha value is -1.95. The predicted octanol–water partition coefficient (Wildman–Crippen LogP) is 1.84. The van der Waals surface area contributed by atoms with Crippen molar-refractivity contribution in [3.63, 3.8) is 0 Å². The van der Waals surface area contributed by atoms with Crippen molar-refractivity contribution in [2.75, 3.05) is 18.4 Å². The Morgan fingerprint density at radius 2 is 2.21 bits per heavy atom. The molecular weight excluding hydrogens is 246 g/mol. The molecule has 0 atom stereocenters. The number of amides is 1. The number of aryl methyl sites for hydroxylation is 1. The number of nitrogens with zero attached hydrogens (tertiary/aromatic N) is 1. The Bertz CT molecular complexity index is 498. The third-order valence-electron chi connectivity index (χ3n) is 3.04. The maximum Gasteiger partial charge on any atom is 0.292 e. The zero-order valence-corrected chi connectivity index (χ0v) is 10.8. The summed E-state index contributed by atoms with van der Waals surface area (Å²) in [5, 5.41) is 16.5. The molecule has 0 unspecified atom stereocenters. The average Bonchev–Trinajstić information content (AvgIpc) is 3.12. The number of carbonyl (C=O) groups is 1. The zero-order valence-electron chi connectivity index (χ0n) is 10.8. The summed E-state index contributed by atoms with van der Waals surface area (Å²) in [6, 6.07) is 4.67. The smallest absolute Gasteiger partial charge is 0.292 e. The Kier molecular flexibility index (Phi) is 4.11. The largest absolute Gasteiger partial charge is 0.319 e. The van der Waals surface area contributed by atoms with E-state index in [1.165, 1.54) is 18.9 Å². The van der Waals surface area contributed by atoms with Crippen LogP contribution in [0.4, 0.5) is 11.4 Å². The molecule has 0 spiro atoms. The Morgan fingerprint density at radius 1 is 1.47 bits per heavy atom. The molecule has 1 aliphatic rings. The average molecular weight is 263 g/mol. The van der Waals surface area contributed by atoms with Crippen LogP contribution in [0.25, 0.3) is 0 Å². The number of anilines is 1. The van der Waals surface area contributed by atoms with Gasteiger partial charge in [-0.25, -0.2) is 0 Å². The fourth-order valence-electron chi connectivity index (χ4n) is 1.82. The van der Waals surface area contributed by atoms with Crippen molar-refractivity contribution in [3.05, 3.63) is 33.9 Å². The van der Waals surface area contributed by atoms with Gasteiger partial charge in [-0.15, -0.1) is 0 Å². The monoisotopic (exact) mass is 263 g/mol. The summed E-state index contributed by atoms with van der Waals surface area (Å²) in [6.45, 7) is 2.84. The molecule has 6 nitrogen and oxygen atoms in total. The molecule has 1 saturated carbocycles. The van der Waals surface area contributed by atoms with Crippen LogP contribution in [0.5, 0.6) is 0 Å². The summed E-state index contributed by atoms with van der Waals surface area (Å²) in [7, 11) is 0. The molecule has 6 heteroatoms. The van der Waals surface area contributed by atoms with E-state index in [-0.39, 0.29) is 23.8 Å². The lowest BCUT2D eigenvalue weighted by molar-refractivity contribution is -0.383. The minimum atomic E-state index is -0.493. The standard InChI is InChI=1S/C13H17N3O3/c1-9-2-5-12(16(18)19)11(6-9)15-13(17)8-14-7-10-3-4-10/h2,5-6,10,14H,3-4,7-8H2,1H3,(H,15,17). The fraction of sp³-hybridized carbons (Fsp3) is 0.462. The second-order valence-corrected chi connectivity index (χ2v) is 4.90. The van der Waals surface area contributed by atoms with Crippen molar-refractivity contribution in [3.8, 4) is 0 Å². The number of nitro groups is 1. The van der Waals surface area contributed by atoms with Gasteiger partial charge >= 0.3 is 0 Å². The molecule has 102 valence electrons. The quantitative estimate of drug-likeness (QED) is 0.606. The number of hydrogen-bond donors (Lipinski definition) is 2. The topological polar surface area (TPSA) is 84.3 Å². The number of carbonyl (C=O) groups excluding carboxylic acids is 1. The van der Waals surface area contributed by atoms with Crippen LogP contribution in [0.15, 0.2) is 18.2 Å². The molecule has 19 heavy (non-hydrogen) atoms.